The minimum Gasteiger partial charge on any atom is -0.367 e. The molecule has 0 amide bonds. The number of carbonyl (C=O) groups is 1. The van der Waals surface area contributed by atoms with Crippen LogP contribution in [0.5, 0.6) is 0 Å². The molecule has 0 aromatic carbocycles. The maximum atomic E-state index is 11.0. The molecule has 2 nitrogen and oxygen atoms in total. The lowest BCUT2D eigenvalue weighted by Gasteiger charge is -2.56. The summed E-state index contributed by atoms with van der Waals surface area (Å²) in [6, 6.07) is 0. The molecule has 4 aliphatic rings. The van der Waals surface area contributed by atoms with Crippen molar-refractivity contribution in [3.05, 3.63) is 0 Å². The normalized spacial score (nSPS) is 47.1. The van der Waals surface area contributed by atoms with Gasteiger partial charge in [-0.15, -0.1) is 0 Å². The van der Waals surface area contributed by atoms with E-state index in [1.807, 2.05) is 0 Å². The van der Waals surface area contributed by atoms with Crippen molar-refractivity contribution in [2.75, 3.05) is 6.61 Å². The molecule has 2 heteroatoms. The van der Waals surface area contributed by atoms with Crippen molar-refractivity contribution in [3.8, 4) is 0 Å². The minimum atomic E-state index is 0.112. The fraction of sp³-hybridized carbons (Fsp3) is 0.923. The zero-order valence-electron chi connectivity index (χ0n) is 9.50. The molecule has 15 heavy (non-hydrogen) atoms. The van der Waals surface area contributed by atoms with E-state index in [0.717, 1.165) is 17.8 Å². The molecule has 0 aromatic heterocycles. The van der Waals surface area contributed by atoms with Crippen LogP contribution in [0.4, 0.5) is 0 Å². The number of carbonyl (C=O) groups excluding carboxylic acids is 1. The second-order valence-electron chi connectivity index (χ2n) is 6.09. The Kier molecular flexibility index (Phi) is 2.17. The van der Waals surface area contributed by atoms with Crippen LogP contribution >= 0.6 is 0 Å². The molecule has 0 unspecified atom stereocenters. The lowest BCUT2D eigenvalue weighted by Crippen LogP contribution is -2.52. The molecule has 0 heterocycles. The molecule has 4 aliphatic carbocycles. The highest BCUT2D eigenvalue weighted by atomic mass is 16.5. The smallest absolute Gasteiger partial charge is 0.155 e. The monoisotopic (exact) mass is 208 g/mol. The first kappa shape index (κ1) is 9.83. The van der Waals surface area contributed by atoms with Gasteiger partial charge in [0.2, 0.25) is 0 Å². The number of ether oxygens (including phenoxy) is 1. The third-order valence-corrected chi connectivity index (χ3v) is 4.56. The molecule has 4 fully saturated rings. The largest absolute Gasteiger partial charge is 0.367 e. The molecule has 0 aliphatic heterocycles. The minimum absolute atomic E-state index is 0.112. The molecule has 84 valence electrons. The Morgan fingerprint density at radius 1 is 1.13 bits per heavy atom. The van der Waals surface area contributed by atoms with Crippen molar-refractivity contribution in [1.29, 1.82) is 0 Å². The number of hydrogen-bond donors (Lipinski definition) is 0. The summed E-state index contributed by atoms with van der Waals surface area (Å²) in [5.74, 6) is 2.89. The summed E-state index contributed by atoms with van der Waals surface area (Å²) in [6.45, 7) is 1.96. The molecule has 4 saturated carbocycles. The fourth-order valence-electron chi connectivity index (χ4n) is 4.46. The summed E-state index contributed by atoms with van der Waals surface area (Å²) in [6.07, 6.45) is 7.99. The summed E-state index contributed by atoms with van der Waals surface area (Å²) >= 11 is 0. The average Bonchev–Trinajstić information content (AvgIpc) is 2.12. The predicted molar refractivity (Wildman–Crippen MR) is 57.5 cm³/mol. The third-order valence-electron chi connectivity index (χ3n) is 4.56. The van der Waals surface area contributed by atoms with Crippen LogP contribution in [0.1, 0.15) is 45.4 Å². The van der Waals surface area contributed by atoms with E-state index < -0.39 is 0 Å². The van der Waals surface area contributed by atoms with E-state index in [9.17, 15) is 4.79 Å². The van der Waals surface area contributed by atoms with Crippen LogP contribution < -0.4 is 0 Å². The summed E-state index contributed by atoms with van der Waals surface area (Å²) in [5, 5.41) is 0. The van der Waals surface area contributed by atoms with Crippen LogP contribution in [0, 0.1) is 17.8 Å². The van der Waals surface area contributed by atoms with Crippen molar-refractivity contribution < 1.29 is 9.53 Å². The summed E-state index contributed by atoms with van der Waals surface area (Å²) in [4.78, 5) is 11.0. The molecule has 0 spiro atoms. The Morgan fingerprint density at radius 3 is 2.00 bits per heavy atom. The van der Waals surface area contributed by atoms with Gasteiger partial charge in [0.05, 0.1) is 5.60 Å². The van der Waals surface area contributed by atoms with E-state index in [1.54, 1.807) is 6.92 Å². The van der Waals surface area contributed by atoms with Crippen LogP contribution in [0.3, 0.4) is 0 Å². The second kappa shape index (κ2) is 3.31. The third kappa shape index (κ3) is 1.73. The molecular weight excluding hydrogens is 188 g/mol. The first-order valence-electron chi connectivity index (χ1n) is 6.29. The van der Waals surface area contributed by atoms with E-state index >= 15 is 0 Å². The van der Waals surface area contributed by atoms with Gasteiger partial charge in [-0.25, -0.2) is 0 Å². The molecule has 4 bridgehead atoms. The van der Waals surface area contributed by atoms with Gasteiger partial charge in [-0.2, -0.15) is 0 Å². The zero-order valence-corrected chi connectivity index (χ0v) is 9.50. The van der Waals surface area contributed by atoms with Crippen LogP contribution in [0.25, 0.3) is 0 Å². The molecule has 0 aromatic rings. The van der Waals surface area contributed by atoms with Crippen LogP contribution in [-0.2, 0) is 9.53 Å². The Hall–Kier alpha value is -0.370. The quantitative estimate of drug-likeness (QED) is 0.712. The van der Waals surface area contributed by atoms with Crippen molar-refractivity contribution in [3.63, 3.8) is 0 Å². The molecule has 0 saturated heterocycles. The maximum absolute atomic E-state index is 11.0. The van der Waals surface area contributed by atoms with Gasteiger partial charge in [-0.3, -0.25) is 4.79 Å². The summed E-state index contributed by atoms with van der Waals surface area (Å²) in [7, 11) is 0. The number of hydrogen-bond acceptors (Lipinski definition) is 2. The van der Waals surface area contributed by atoms with Crippen molar-refractivity contribution in [1.82, 2.24) is 0 Å². The Morgan fingerprint density at radius 2 is 1.60 bits per heavy atom. The van der Waals surface area contributed by atoms with Gasteiger partial charge < -0.3 is 4.74 Å². The predicted octanol–water partition coefficient (Wildman–Crippen LogP) is 2.56. The highest BCUT2D eigenvalue weighted by Gasteiger charge is 2.51. The van der Waals surface area contributed by atoms with E-state index in [2.05, 4.69) is 0 Å². The van der Waals surface area contributed by atoms with E-state index in [-0.39, 0.29) is 11.4 Å². The number of rotatable bonds is 3. The van der Waals surface area contributed by atoms with Crippen molar-refractivity contribution in [2.24, 2.45) is 17.8 Å². The Bertz CT molecular complexity index is 247. The summed E-state index contributed by atoms with van der Waals surface area (Å²) < 4.78 is 5.95. The topological polar surface area (TPSA) is 26.3 Å². The standard InChI is InChI=1S/C13H20O2/c1-9(14)8-15-13-5-10-2-11(6-13)4-12(3-10)7-13/h10-12H,2-8H2,1H3. The van der Waals surface area contributed by atoms with Gasteiger partial charge in [-0.1, -0.05) is 0 Å². The SMILES string of the molecule is CC(=O)COC12CC3CC(CC(C3)C1)C2. The first-order chi connectivity index (χ1) is 7.15. The Balaban J connectivity index is 1.72. The van der Waals surface area contributed by atoms with E-state index in [0.29, 0.717) is 6.61 Å². The highest BCUT2D eigenvalue weighted by Crippen LogP contribution is 2.57. The van der Waals surface area contributed by atoms with Crippen LogP contribution in [-0.4, -0.2) is 18.0 Å². The maximum Gasteiger partial charge on any atom is 0.155 e. The Labute approximate surface area is 91.4 Å². The van der Waals surface area contributed by atoms with E-state index in [1.165, 1.54) is 38.5 Å². The number of Topliss-reactive ketones (excluding diaryl/α,β-unsaturated/α-hetero) is 1. The molecule has 0 atom stereocenters. The average molecular weight is 208 g/mol. The van der Waals surface area contributed by atoms with Gasteiger partial charge in [0.25, 0.3) is 0 Å². The lowest BCUT2D eigenvalue weighted by atomic mass is 9.54. The van der Waals surface area contributed by atoms with Crippen molar-refractivity contribution in [2.45, 2.75) is 51.0 Å². The molecule has 4 rings (SSSR count). The first-order valence-corrected chi connectivity index (χ1v) is 6.29. The van der Waals surface area contributed by atoms with Gasteiger partial charge in [0, 0.05) is 0 Å². The van der Waals surface area contributed by atoms with Gasteiger partial charge in [-0.05, 0) is 63.2 Å². The van der Waals surface area contributed by atoms with Crippen LogP contribution in [0.15, 0.2) is 0 Å². The van der Waals surface area contributed by atoms with Gasteiger partial charge in [0.15, 0.2) is 5.78 Å². The molecule has 0 radical (unpaired) electrons. The van der Waals surface area contributed by atoms with Crippen LogP contribution in [0.2, 0.25) is 0 Å². The lowest BCUT2D eigenvalue weighted by molar-refractivity contribution is -0.168. The van der Waals surface area contributed by atoms with E-state index in [4.69, 9.17) is 4.74 Å². The molecule has 0 N–H and O–H groups in total. The van der Waals surface area contributed by atoms with Gasteiger partial charge in [0.1, 0.15) is 6.61 Å². The van der Waals surface area contributed by atoms with Crippen molar-refractivity contribution >= 4 is 5.78 Å². The zero-order chi connectivity index (χ0) is 10.5. The highest BCUT2D eigenvalue weighted by molar-refractivity contribution is 5.76. The number of ketones is 1. The molecular formula is C13H20O2. The fourth-order valence-corrected chi connectivity index (χ4v) is 4.46. The summed E-state index contributed by atoms with van der Waals surface area (Å²) in [5.41, 5.74) is 0.112. The second-order valence-corrected chi connectivity index (χ2v) is 6.09. The van der Waals surface area contributed by atoms with Gasteiger partial charge >= 0.3 is 0 Å².